The van der Waals surface area contributed by atoms with Gasteiger partial charge in [-0.25, -0.2) is 15.0 Å². The Bertz CT molecular complexity index is 799. The third-order valence-electron chi connectivity index (χ3n) is 3.72. The van der Waals surface area contributed by atoms with Crippen LogP contribution < -0.4 is 0 Å². The highest BCUT2D eigenvalue weighted by Crippen LogP contribution is 2.31. The van der Waals surface area contributed by atoms with Gasteiger partial charge < -0.3 is 4.90 Å². The summed E-state index contributed by atoms with van der Waals surface area (Å²) in [6.07, 6.45) is 8.97. The van der Waals surface area contributed by atoms with Crippen LogP contribution in [0, 0.1) is 0 Å². The van der Waals surface area contributed by atoms with Crippen molar-refractivity contribution in [2.45, 2.75) is 12.6 Å². The highest BCUT2D eigenvalue weighted by atomic mass is 16.2. The Morgan fingerprint density at radius 2 is 2.19 bits per heavy atom. The molecule has 7 nitrogen and oxygen atoms in total. The number of hydrogen-bond acceptors (Lipinski definition) is 5. The highest BCUT2D eigenvalue weighted by molar-refractivity contribution is 5.94. The van der Waals surface area contributed by atoms with Gasteiger partial charge in [-0.3, -0.25) is 14.3 Å². The molecule has 21 heavy (non-hydrogen) atoms. The quantitative estimate of drug-likeness (QED) is 0.706. The van der Waals surface area contributed by atoms with E-state index < -0.39 is 0 Å². The van der Waals surface area contributed by atoms with E-state index in [9.17, 15) is 4.79 Å². The fourth-order valence-electron chi connectivity index (χ4n) is 2.56. The molecule has 0 aliphatic carbocycles. The van der Waals surface area contributed by atoms with Crippen LogP contribution in [-0.4, -0.2) is 41.9 Å². The Hall–Kier alpha value is -2.83. The Balaban J connectivity index is 1.66. The van der Waals surface area contributed by atoms with Crippen LogP contribution in [0.15, 0.2) is 43.4 Å². The van der Waals surface area contributed by atoms with Crippen molar-refractivity contribution in [3.8, 4) is 0 Å². The first-order chi connectivity index (χ1) is 10.3. The van der Waals surface area contributed by atoms with Gasteiger partial charge in [-0.1, -0.05) is 0 Å². The lowest BCUT2D eigenvalue weighted by atomic mass is 10.1. The van der Waals surface area contributed by atoms with Crippen molar-refractivity contribution in [1.82, 2.24) is 29.4 Å². The van der Waals surface area contributed by atoms with Crippen molar-refractivity contribution in [2.75, 3.05) is 6.54 Å². The Morgan fingerprint density at radius 1 is 1.24 bits per heavy atom. The second-order valence-electron chi connectivity index (χ2n) is 4.89. The van der Waals surface area contributed by atoms with Crippen molar-refractivity contribution in [3.05, 3.63) is 48.9 Å². The van der Waals surface area contributed by atoms with Gasteiger partial charge in [-0.2, -0.15) is 0 Å². The van der Waals surface area contributed by atoms with Gasteiger partial charge in [-0.15, -0.1) is 0 Å². The first-order valence-corrected chi connectivity index (χ1v) is 6.68. The van der Waals surface area contributed by atoms with E-state index in [1.54, 1.807) is 42.0 Å². The lowest BCUT2D eigenvalue weighted by Gasteiger charge is -2.41. The molecule has 1 fully saturated rings. The Morgan fingerprint density at radius 3 is 2.95 bits per heavy atom. The summed E-state index contributed by atoms with van der Waals surface area (Å²) in [7, 11) is 0. The summed E-state index contributed by atoms with van der Waals surface area (Å²) in [6.45, 7) is 0.725. The highest BCUT2D eigenvalue weighted by Gasteiger charge is 2.35. The average Bonchev–Trinajstić information content (AvgIpc) is 2.91. The minimum atomic E-state index is -0.0439. The van der Waals surface area contributed by atoms with Gasteiger partial charge >= 0.3 is 0 Å². The van der Waals surface area contributed by atoms with Gasteiger partial charge in [-0.05, 0) is 12.1 Å². The summed E-state index contributed by atoms with van der Waals surface area (Å²) in [4.78, 5) is 30.8. The summed E-state index contributed by atoms with van der Waals surface area (Å²) in [5, 5.41) is 0. The summed E-state index contributed by atoms with van der Waals surface area (Å²) in [5.41, 5.74) is 2.08. The maximum atomic E-state index is 12.5. The summed E-state index contributed by atoms with van der Waals surface area (Å²) >= 11 is 0. The normalized spacial score (nSPS) is 17.7. The number of carbonyl (C=O) groups excluding carboxylic acids is 1. The lowest BCUT2D eigenvalue weighted by Crippen LogP contribution is -2.47. The topological polar surface area (TPSA) is 76.8 Å². The van der Waals surface area contributed by atoms with E-state index in [-0.39, 0.29) is 12.1 Å². The molecule has 7 heteroatoms. The number of likely N-dealkylation sites (tertiary alicyclic amines) is 1. The summed E-state index contributed by atoms with van der Waals surface area (Å²) in [5.74, 6) is -0.0183. The second kappa shape index (κ2) is 4.62. The number of aromatic nitrogens is 5. The van der Waals surface area contributed by atoms with Crippen LogP contribution in [0.1, 0.15) is 22.9 Å². The van der Waals surface area contributed by atoms with Gasteiger partial charge in [0.2, 0.25) is 0 Å². The van der Waals surface area contributed by atoms with Crippen molar-refractivity contribution < 1.29 is 4.79 Å². The molecule has 0 spiro atoms. The predicted octanol–water partition coefficient (Wildman–Crippen LogP) is 1.27. The van der Waals surface area contributed by atoms with Gasteiger partial charge in [0.15, 0.2) is 5.65 Å². The summed E-state index contributed by atoms with van der Waals surface area (Å²) in [6, 6.07) is 3.54. The first kappa shape index (κ1) is 12.0. The molecule has 0 bridgehead atoms. The molecule has 0 radical (unpaired) electrons. The molecule has 4 heterocycles. The molecule has 1 aliphatic heterocycles. The van der Waals surface area contributed by atoms with Crippen LogP contribution in [0.25, 0.3) is 11.2 Å². The fourth-order valence-corrected chi connectivity index (χ4v) is 2.56. The van der Waals surface area contributed by atoms with E-state index in [0.29, 0.717) is 5.56 Å². The van der Waals surface area contributed by atoms with Crippen LogP contribution >= 0.6 is 0 Å². The molecule has 0 aromatic carbocycles. The zero-order valence-corrected chi connectivity index (χ0v) is 11.1. The van der Waals surface area contributed by atoms with Crippen LogP contribution in [0.3, 0.4) is 0 Å². The number of fused-ring (bicyclic) bond motifs is 1. The van der Waals surface area contributed by atoms with Crippen molar-refractivity contribution >= 4 is 17.1 Å². The van der Waals surface area contributed by atoms with Crippen LogP contribution in [0.4, 0.5) is 0 Å². The maximum absolute atomic E-state index is 12.5. The van der Waals surface area contributed by atoms with E-state index in [4.69, 9.17) is 0 Å². The van der Waals surface area contributed by atoms with Crippen LogP contribution in [0.2, 0.25) is 0 Å². The molecule has 3 aromatic rings. The van der Waals surface area contributed by atoms with Crippen LogP contribution in [-0.2, 0) is 0 Å². The first-order valence-electron chi connectivity index (χ1n) is 6.68. The molecule has 4 rings (SSSR count). The minimum Gasteiger partial charge on any atom is -0.317 e. The van der Waals surface area contributed by atoms with E-state index in [2.05, 4.69) is 19.9 Å². The number of carbonyl (C=O) groups is 1. The molecule has 0 N–H and O–H groups in total. The number of amides is 1. The predicted molar refractivity (Wildman–Crippen MR) is 74.3 cm³/mol. The van der Waals surface area contributed by atoms with Crippen molar-refractivity contribution in [2.24, 2.45) is 0 Å². The SMILES string of the molecule is O=C(c1cccnc1)N1CCC1n1cnc2cncnc21. The van der Waals surface area contributed by atoms with E-state index in [1.807, 2.05) is 4.57 Å². The van der Waals surface area contributed by atoms with E-state index in [0.717, 1.165) is 24.1 Å². The smallest absolute Gasteiger partial charge is 0.257 e. The van der Waals surface area contributed by atoms with E-state index in [1.165, 1.54) is 6.33 Å². The summed E-state index contributed by atoms with van der Waals surface area (Å²) < 4.78 is 1.93. The molecule has 1 unspecified atom stereocenters. The fraction of sp³-hybridized carbons (Fsp3) is 0.214. The largest absolute Gasteiger partial charge is 0.317 e. The van der Waals surface area contributed by atoms with Crippen molar-refractivity contribution in [3.63, 3.8) is 0 Å². The van der Waals surface area contributed by atoms with E-state index >= 15 is 0 Å². The minimum absolute atomic E-state index is 0.0183. The van der Waals surface area contributed by atoms with Crippen LogP contribution in [0.5, 0.6) is 0 Å². The molecule has 1 saturated heterocycles. The molecular formula is C14H12N6O. The molecule has 1 atom stereocenters. The second-order valence-corrected chi connectivity index (χ2v) is 4.89. The molecule has 1 amide bonds. The molecule has 3 aromatic heterocycles. The number of pyridine rings is 1. The third-order valence-corrected chi connectivity index (χ3v) is 3.72. The lowest BCUT2D eigenvalue weighted by molar-refractivity contribution is 0.0270. The number of rotatable bonds is 2. The molecular weight excluding hydrogens is 268 g/mol. The standard InChI is InChI=1S/C14H12N6O/c21-14(10-2-1-4-15-6-10)19-5-3-12(19)20-9-18-11-7-16-8-17-13(11)20/h1-2,4,6-9,12H,3,5H2. The Kier molecular flexibility index (Phi) is 2.63. The average molecular weight is 280 g/mol. The third kappa shape index (κ3) is 1.85. The monoisotopic (exact) mass is 280 g/mol. The number of nitrogens with zero attached hydrogens (tertiary/aromatic N) is 6. The zero-order valence-electron chi connectivity index (χ0n) is 11.1. The number of imidazole rings is 1. The van der Waals surface area contributed by atoms with Gasteiger partial charge in [0.05, 0.1) is 18.1 Å². The Labute approximate surface area is 120 Å². The maximum Gasteiger partial charge on any atom is 0.257 e. The van der Waals surface area contributed by atoms with Gasteiger partial charge in [0, 0.05) is 25.4 Å². The van der Waals surface area contributed by atoms with Crippen molar-refractivity contribution in [1.29, 1.82) is 0 Å². The molecule has 1 aliphatic rings. The van der Waals surface area contributed by atoms with Gasteiger partial charge in [0.1, 0.15) is 18.0 Å². The number of hydrogen-bond donors (Lipinski definition) is 0. The molecule has 0 saturated carbocycles. The zero-order chi connectivity index (χ0) is 14.2. The van der Waals surface area contributed by atoms with Gasteiger partial charge in [0.25, 0.3) is 5.91 Å². The molecule has 104 valence electrons.